The van der Waals surface area contributed by atoms with Gasteiger partial charge in [-0.15, -0.1) is 34.0 Å². The van der Waals surface area contributed by atoms with Gasteiger partial charge < -0.3 is 4.90 Å². The highest BCUT2D eigenvalue weighted by molar-refractivity contribution is 7.18. The number of aryl methyl sites for hydroxylation is 3. The fourth-order valence-corrected chi connectivity index (χ4v) is 10.7. The second-order valence-corrected chi connectivity index (χ2v) is 18.5. The first-order valence-electron chi connectivity index (χ1n) is 21.3. The summed E-state index contributed by atoms with van der Waals surface area (Å²) in [5.74, 6) is 0. The number of rotatable bonds is 24. The van der Waals surface area contributed by atoms with Crippen LogP contribution in [-0.2, 0) is 19.3 Å². The number of carbonyl (C=O) groups excluding carboxylic acids is 3. The van der Waals surface area contributed by atoms with Gasteiger partial charge in [-0.1, -0.05) is 115 Å². The number of benzene rings is 3. The van der Waals surface area contributed by atoms with Crippen LogP contribution in [0.5, 0.6) is 0 Å². The van der Waals surface area contributed by atoms with E-state index in [2.05, 4.69) is 117 Å². The predicted molar refractivity (Wildman–Crippen MR) is 251 cm³/mol. The number of hydrogen-bond donors (Lipinski definition) is 0. The lowest BCUT2D eigenvalue weighted by atomic mass is 10.0. The molecule has 0 radical (unpaired) electrons. The van der Waals surface area contributed by atoms with Gasteiger partial charge in [0, 0.05) is 31.7 Å². The minimum absolute atomic E-state index is 0.835. The SMILES string of the molecule is CCCCCCc1cc(-c2ccc(N(c3ccc(-c4cc(CCCCCC)c(C=O)s4)cc3)c3ccc(-c4cc(CCCCCC)c(C=O)s4)cc3)cc2)sc1C=O. The van der Waals surface area contributed by atoms with Crippen molar-refractivity contribution in [2.45, 2.75) is 117 Å². The van der Waals surface area contributed by atoms with Crippen LogP contribution in [0.15, 0.2) is 91.0 Å². The molecule has 0 aliphatic carbocycles. The average molecular weight is 828 g/mol. The Bertz CT molecular complexity index is 1960. The number of hydrogen-bond acceptors (Lipinski definition) is 7. The van der Waals surface area contributed by atoms with Crippen LogP contribution in [0.2, 0.25) is 0 Å². The largest absolute Gasteiger partial charge is 0.311 e. The molecule has 302 valence electrons. The molecule has 0 spiro atoms. The molecule has 0 atom stereocenters. The van der Waals surface area contributed by atoms with Crippen LogP contribution in [-0.4, -0.2) is 18.9 Å². The fraction of sp³-hybridized carbons (Fsp3) is 0.353. The molecular formula is C51H57NO3S3. The molecule has 7 heteroatoms. The predicted octanol–water partition coefficient (Wildman–Crippen LogP) is 16.1. The third kappa shape index (κ3) is 11.0. The molecule has 0 fully saturated rings. The van der Waals surface area contributed by atoms with Crippen molar-refractivity contribution in [1.29, 1.82) is 0 Å². The summed E-state index contributed by atoms with van der Waals surface area (Å²) in [6.07, 6.45) is 20.0. The topological polar surface area (TPSA) is 54.5 Å². The summed E-state index contributed by atoms with van der Waals surface area (Å²) in [6, 6.07) is 32.6. The van der Waals surface area contributed by atoms with Crippen molar-refractivity contribution in [3.8, 4) is 31.3 Å². The maximum atomic E-state index is 12.0. The molecule has 0 aliphatic heterocycles. The smallest absolute Gasteiger partial charge is 0.160 e. The van der Waals surface area contributed by atoms with E-state index < -0.39 is 0 Å². The Morgan fingerprint density at radius 2 is 0.672 bits per heavy atom. The highest BCUT2D eigenvalue weighted by Gasteiger charge is 2.17. The van der Waals surface area contributed by atoms with Crippen LogP contribution in [0.4, 0.5) is 17.1 Å². The van der Waals surface area contributed by atoms with E-state index in [1.165, 1.54) is 57.8 Å². The van der Waals surface area contributed by atoms with Gasteiger partial charge in [-0.25, -0.2) is 0 Å². The van der Waals surface area contributed by atoms with Gasteiger partial charge in [0.05, 0.1) is 14.6 Å². The summed E-state index contributed by atoms with van der Waals surface area (Å²) in [7, 11) is 0. The molecule has 6 aromatic rings. The third-order valence-electron chi connectivity index (χ3n) is 11.0. The van der Waals surface area contributed by atoms with Crippen LogP contribution >= 0.6 is 34.0 Å². The molecule has 0 saturated carbocycles. The molecule has 6 rings (SSSR count). The third-order valence-corrected chi connectivity index (χ3v) is 14.4. The Labute approximate surface area is 358 Å². The Hall–Kier alpha value is -4.43. The van der Waals surface area contributed by atoms with E-state index in [0.29, 0.717) is 0 Å². The van der Waals surface area contributed by atoms with Gasteiger partial charge in [0.15, 0.2) is 18.9 Å². The second kappa shape index (κ2) is 22.1. The molecule has 4 nitrogen and oxygen atoms in total. The molecule has 3 heterocycles. The zero-order chi connectivity index (χ0) is 40.7. The van der Waals surface area contributed by atoms with E-state index in [1.54, 1.807) is 34.0 Å². The first-order chi connectivity index (χ1) is 28.5. The summed E-state index contributed by atoms with van der Waals surface area (Å²) >= 11 is 4.74. The zero-order valence-electron chi connectivity index (χ0n) is 34.4. The summed E-state index contributed by atoms with van der Waals surface area (Å²) in [5.41, 5.74) is 9.85. The van der Waals surface area contributed by atoms with Crippen LogP contribution < -0.4 is 4.90 Å². The number of aldehydes is 3. The number of thiophene rings is 3. The van der Waals surface area contributed by atoms with Crippen LogP contribution in [0.3, 0.4) is 0 Å². The molecule has 0 amide bonds. The Kier molecular flexibility index (Phi) is 16.4. The summed E-state index contributed by atoms with van der Waals surface area (Å²) in [6.45, 7) is 6.66. The van der Waals surface area contributed by atoms with E-state index in [4.69, 9.17) is 0 Å². The first-order valence-corrected chi connectivity index (χ1v) is 23.8. The lowest BCUT2D eigenvalue weighted by Gasteiger charge is -2.26. The van der Waals surface area contributed by atoms with E-state index >= 15 is 0 Å². The highest BCUT2D eigenvalue weighted by Crippen LogP contribution is 2.41. The van der Waals surface area contributed by atoms with Gasteiger partial charge in [0.25, 0.3) is 0 Å². The standard InChI is InChI=1S/C51H57NO3S3/c1-4-7-10-13-16-40-31-46(56-49(40)34-53)37-19-25-43(26-20-37)52(44-27-21-38(22-28-44)47-32-41(50(35-54)57-47)17-14-11-8-5-2)45-29-23-39(24-30-45)48-33-42(51(36-55)58-48)18-15-12-9-6-3/h19-36H,4-18H2,1-3H3. The van der Waals surface area contributed by atoms with Gasteiger partial charge in [-0.05, 0) is 127 Å². The number of anilines is 3. The molecule has 0 N–H and O–H groups in total. The van der Waals surface area contributed by atoms with Gasteiger partial charge in [0.1, 0.15) is 0 Å². The Balaban J connectivity index is 1.30. The molecule has 0 saturated heterocycles. The molecule has 0 bridgehead atoms. The maximum absolute atomic E-state index is 12.0. The molecule has 3 aromatic carbocycles. The minimum atomic E-state index is 0.835. The minimum Gasteiger partial charge on any atom is -0.311 e. The molecule has 3 aromatic heterocycles. The first kappa shape index (κ1) is 43.2. The molecular weight excluding hydrogens is 771 g/mol. The van der Waals surface area contributed by atoms with E-state index in [-0.39, 0.29) is 0 Å². The van der Waals surface area contributed by atoms with Crippen molar-refractivity contribution in [3.63, 3.8) is 0 Å². The highest BCUT2D eigenvalue weighted by atomic mass is 32.1. The molecule has 0 unspecified atom stereocenters. The molecule has 58 heavy (non-hydrogen) atoms. The molecule has 0 aliphatic rings. The van der Waals surface area contributed by atoms with Crippen molar-refractivity contribution < 1.29 is 14.4 Å². The lowest BCUT2D eigenvalue weighted by Crippen LogP contribution is -2.09. The summed E-state index contributed by atoms with van der Waals surface area (Å²) in [4.78, 5) is 44.2. The van der Waals surface area contributed by atoms with Crippen molar-refractivity contribution >= 4 is 69.9 Å². The number of carbonyl (C=O) groups is 3. The number of unbranched alkanes of at least 4 members (excludes halogenated alkanes) is 9. The van der Waals surface area contributed by atoms with Crippen LogP contribution in [0.1, 0.15) is 144 Å². The average Bonchev–Trinajstić information content (AvgIpc) is 4.00. The van der Waals surface area contributed by atoms with Crippen molar-refractivity contribution in [3.05, 3.63) is 122 Å². The van der Waals surface area contributed by atoms with Crippen LogP contribution in [0, 0.1) is 0 Å². The lowest BCUT2D eigenvalue weighted by molar-refractivity contribution is 0.111. The maximum Gasteiger partial charge on any atom is 0.160 e. The van der Waals surface area contributed by atoms with Gasteiger partial charge in [-0.2, -0.15) is 0 Å². The van der Waals surface area contributed by atoms with Crippen LogP contribution in [0.25, 0.3) is 31.3 Å². The summed E-state index contributed by atoms with van der Waals surface area (Å²) in [5, 5.41) is 0. The van der Waals surface area contributed by atoms with E-state index in [0.717, 1.165) is 137 Å². The van der Waals surface area contributed by atoms with Gasteiger partial charge in [0.2, 0.25) is 0 Å². The second-order valence-electron chi connectivity index (χ2n) is 15.3. The summed E-state index contributed by atoms with van der Waals surface area (Å²) < 4.78 is 0. The van der Waals surface area contributed by atoms with Gasteiger partial charge >= 0.3 is 0 Å². The normalized spacial score (nSPS) is 11.2. The van der Waals surface area contributed by atoms with E-state index in [9.17, 15) is 14.4 Å². The Morgan fingerprint density at radius 3 is 0.914 bits per heavy atom. The number of nitrogens with zero attached hydrogens (tertiary/aromatic N) is 1. The van der Waals surface area contributed by atoms with Crippen molar-refractivity contribution in [1.82, 2.24) is 0 Å². The van der Waals surface area contributed by atoms with Crippen molar-refractivity contribution in [2.75, 3.05) is 4.90 Å². The fourth-order valence-electron chi connectivity index (χ4n) is 7.64. The monoisotopic (exact) mass is 827 g/mol. The van der Waals surface area contributed by atoms with Gasteiger partial charge in [-0.3, -0.25) is 14.4 Å². The van der Waals surface area contributed by atoms with E-state index in [1.807, 2.05) is 0 Å². The Morgan fingerprint density at radius 1 is 0.397 bits per heavy atom. The van der Waals surface area contributed by atoms with Crippen molar-refractivity contribution in [2.24, 2.45) is 0 Å². The quantitative estimate of drug-likeness (QED) is 0.0450. The zero-order valence-corrected chi connectivity index (χ0v) is 36.8.